The maximum absolute atomic E-state index is 11.6. The monoisotopic (exact) mass is 326 g/mol. The molecule has 0 atom stereocenters. The standard InChI is InChI=1S/C15H22N2O4S/c1-3-22(20,21)16-12-4-5-14(13(10-12)15(18)19)17-8-6-11(2)7-9-17/h4-5,10-11,16H,3,6-9H2,1-2H3,(H,18,19). The van der Waals surface area contributed by atoms with Gasteiger partial charge < -0.3 is 10.0 Å². The highest BCUT2D eigenvalue weighted by atomic mass is 32.2. The van der Waals surface area contributed by atoms with Crippen molar-refractivity contribution in [1.82, 2.24) is 0 Å². The number of benzene rings is 1. The lowest BCUT2D eigenvalue weighted by atomic mass is 9.98. The number of carboxylic acid groups (broad SMARTS) is 1. The van der Waals surface area contributed by atoms with Gasteiger partial charge in [-0.05, 0) is 43.9 Å². The molecule has 0 amide bonds. The molecular formula is C15H22N2O4S. The second-order valence-electron chi connectivity index (χ2n) is 5.71. The molecule has 0 saturated carbocycles. The van der Waals surface area contributed by atoms with Gasteiger partial charge >= 0.3 is 5.97 Å². The van der Waals surface area contributed by atoms with E-state index in [-0.39, 0.29) is 17.0 Å². The van der Waals surface area contributed by atoms with E-state index in [2.05, 4.69) is 16.5 Å². The number of nitrogens with zero attached hydrogens (tertiary/aromatic N) is 1. The molecule has 0 radical (unpaired) electrons. The Morgan fingerprint density at radius 3 is 2.55 bits per heavy atom. The molecule has 1 aromatic rings. The Bertz CT molecular complexity index is 650. The number of carboxylic acids is 1. The summed E-state index contributed by atoms with van der Waals surface area (Å²) >= 11 is 0. The number of carbonyl (C=O) groups is 1. The molecule has 1 saturated heterocycles. The lowest BCUT2D eigenvalue weighted by Gasteiger charge is -2.33. The van der Waals surface area contributed by atoms with Crippen molar-refractivity contribution in [3.63, 3.8) is 0 Å². The van der Waals surface area contributed by atoms with Crippen LogP contribution in [0, 0.1) is 5.92 Å². The van der Waals surface area contributed by atoms with Gasteiger partial charge in [0.1, 0.15) is 0 Å². The summed E-state index contributed by atoms with van der Waals surface area (Å²) in [5.41, 5.74) is 1.07. The smallest absolute Gasteiger partial charge is 0.337 e. The third kappa shape index (κ3) is 3.91. The molecule has 2 N–H and O–H groups in total. The molecule has 1 aliphatic heterocycles. The Balaban J connectivity index is 2.30. The minimum atomic E-state index is -3.42. The van der Waals surface area contributed by atoms with E-state index in [1.807, 2.05) is 0 Å². The molecule has 6 nitrogen and oxygen atoms in total. The van der Waals surface area contributed by atoms with Crippen LogP contribution in [-0.4, -0.2) is 38.3 Å². The van der Waals surface area contributed by atoms with Crippen LogP contribution in [0.15, 0.2) is 18.2 Å². The van der Waals surface area contributed by atoms with Gasteiger partial charge in [0.15, 0.2) is 0 Å². The van der Waals surface area contributed by atoms with E-state index in [1.54, 1.807) is 12.1 Å². The topological polar surface area (TPSA) is 86.7 Å². The Labute approximate surface area is 131 Å². The van der Waals surface area contributed by atoms with E-state index in [0.717, 1.165) is 25.9 Å². The number of anilines is 2. The van der Waals surface area contributed by atoms with Crippen LogP contribution in [0.2, 0.25) is 0 Å². The largest absolute Gasteiger partial charge is 0.478 e. The highest BCUT2D eigenvalue weighted by Gasteiger charge is 2.21. The molecule has 7 heteroatoms. The van der Waals surface area contributed by atoms with Crippen molar-refractivity contribution in [2.75, 3.05) is 28.5 Å². The Morgan fingerprint density at radius 2 is 2.00 bits per heavy atom. The highest BCUT2D eigenvalue weighted by molar-refractivity contribution is 7.92. The molecule has 0 aliphatic carbocycles. The van der Waals surface area contributed by atoms with Gasteiger partial charge in [0, 0.05) is 18.8 Å². The highest BCUT2D eigenvalue weighted by Crippen LogP contribution is 2.29. The third-order valence-corrected chi connectivity index (χ3v) is 5.31. The van der Waals surface area contributed by atoms with E-state index in [9.17, 15) is 18.3 Å². The zero-order chi connectivity index (χ0) is 16.3. The molecule has 1 fully saturated rings. The lowest BCUT2D eigenvalue weighted by molar-refractivity contribution is 0.0697. The number of aromatic carboxylic acids is 1. The van der Waals surface area contributed by atoms with E-state index in [4.69, 9.17) is 0 Å². The van der Waals surface area contributed by atoms with Crippen molar-refractivity contribution >= 4 is 27.4 Å². The predicted molar refractivity (Wildman–Crippen MR) is 87.1 cm³/mol. The molecule has 1 aromatic carbocycles. The molecule has 0 bridgehead atoms. The average molecular weight is 326 g/mol. The number of rotatable bonds is 5. The van der Waals surface area contributed by atoms with Gasteiger partial charge in [-0.1, -0.05) is 6.92 Å². The van der Waals surface area contributed by atoms with Gasteiger partial charge in [0.05, 0.1) is 17.0 Å². The first-order valence-corrected chi connectivity index (χ1v) is 9.10. The fourth-order valence-corrected chi connectivity index (χ4v) is 3.18. The fraction of sp³-hybridized carbons (Fsp3) is 0.533. The molecule has 1 heterocycles. The molecule has 22 heavy (non-hydrogen) atoms. The van der Waals surface area contributed by atoms with Crippen LogP contribution in [0.4, 0.5) is 11.4 Å². The summed E-state index contributed by atoms with van der Waals surface area (Å²) in [6.45, 7) is 5.37. The zero-order valence-electron chi connectivity index (χ0n) is 12.9. The van der Waals surface area contributed by atoms with Gasteiger partial charge in [-0.3, -0.25) is 4.72 Å². The Hall–Kier alpha value is -1.76. The molecule has 0 aromatic heterocycles. The maximum atomic E-state index is 11.6. The van der Waals surface area contributed by atoms with Crippen LogP contribution in [-0.2, 0) is 10.0 Å². The van der Waals surface area contributed by atoms with E-state index < -0.39 is 16.0 Å². The van der Waals surface area contributed by atoms with Crippen molar-refractivity contribution < 1.29 is 18.3 Å². The quantitative estimate of drug-likeness (QED) is 0.867. The second kappa shape index (κ2) is 6.56. The number of piperidine rings is 1. The first-order valence-electron chi connectivity index (χ1n) is 7.45. The summed E-state index contributed by atoms with van der Waals surface area (Å²) in [4.78, 5) is 13.6. The van der Waals surface area contributed by atoms with Crippen LogP contribution in [0.1, 0.15) is 37.0 Å². The first kappa shape index (κ1) is 16.6. The summed E-state index contributed by atoms with van der Waals surface area (Å²) in [7, 11) is -3.42. The van der Waals surface area contributed by atoms with Crippen LogP contribution >= 0.6 is 0 Å². The molecule has 122 valence electrons. The zero-order valence-corrected chi connectivity index (χ0v) is 13.7. The van der Waals surface area contributed by atoms with E-state index >= 15 is 0 Å². The molecule has 1 aliphatic rings. The number of sulfonamides is 1. The molecule has 0 unspecified atom stereocenters. The van der Waals surface area contributed by atoms with Crippen LogP contribution in [0.5, 0.6) is 0 Å². The SMILES string of the molecule is CCS(=O)(=O)Nc1ccc(N2CCC(C)CC2)c(C(=O)O)c1. The van der Waals surface area contributed by atoms with Gasteiger partial charge in [-0.25, -0.2) is 13.2 Å². The van der Waals surface area contributed by atoms with Gasteiger partial charge in [0.25, 0.3) is 0 Å². The van der Waals surface area contributed by atoms with Crippen molar-refractivity contribution in [2.45, 2.75) is 26.7 Å². The summed E-state index contributed by atoms with van der Waals surface area (Å²) in [5, 5.41) is 9.42. The van der Waals surface area contributed by atoms with Crippen LogP contribution in [0.25, 0.3) is 0 Å². The second-order valence-corrected chi connectivity index (χ2v) is 7.72. The van der Waals surface area contributed by atoms with Crippen molar-refractivity contribution in [1.29, 1.82) is 0 Å². The van der Waals surface area contributed by atoms with Gasteiger partial charge in [0.2, 0.25) is 10.0 Å². The third-order valence-electron chi connectivity index (χ3n) is 4.00. The van der Waals surface area contributed by atoms with Crippen molar-refractivity contribution in [3.05, 3.63) is 23.8 Å². The first-order chi connectivity index (χ1) is 10.3. The fourth-order valence-electron chi connectivity index (χ4n) is 2.55. The molecular weight excluding hydrogens is 304 g/mol. The number of hydrogen-bond donors (Lipinski definition) is 2. The normalized spacial score (nSPS) is 16.5. The number of hydrogen-bond acceptors (Lipinski definition) is 4. The van der Waals surface area contributed by atoms with E-state index in [1.165, 1.54) is 13.0 Å². The Kier molecular flexibility index (Phi) is 4.95. The summed E-state index contributed by atoms with van der Waals surface area (Å²) in [6, 6.07) is 4.70. The average Bonchev–Trinajstić information content (AvgIpc) is 2.48. The maximum Gasteiger partial charge on any atom is 0.337 e. The lowest BCUT2D eigenvalue weighted by Crippen LogP contribution is -2.33. The minimum absolute atomic E-state index is 0.0544. The summed E-state index contributed by atoms with van der Waals surface area (Å²) < 4.78 is 25.6. The van der Waals surface area contributed by atoms with E-state index in [0.29, 0.717) is 11.6 Å². The number of nitrogens with one attached hydrogen (secondary N) is 1. The van der Waals surface area contributed by atoms with Crippen molar-refractivity contribution in [2.24, 2.45) is 5.92 Å². The minimum Gasteiger partial charge on any atom is -0.478 e. The van der Waals surface area contributed by atoms with Gasteiger partial charge in [-0.15, -0.1) is 0 Å². The van der Waals surface area contributed by atoms with Gasteiger partial charge in [-0.2, -0.15) is 0 Å². The predicted octanol–water partition coefficient (Wildman–Crippen LogP) is 2.38. The molecule has 0 spiro atoms. The molecule has 2 rings (SSSR count). The van der Waals surface area contributed by atoms with Crippen molar-refractivity contribution in [3.8, 4) is 0 Å². The van der Waals surface area contributed by atoms with Crippen LogP contribution < -0.4 is 9.62 Å². The summed E-state index contributed by atoms with van der Waals surface area (Å²) in [5.74, 6) is -0.451. The van der Waals surface area contributed by atoms with Crippen LogP contribution in [0.3, 0.4) is 0 Å². The summed E-state index contributed by atoms with van der Waals surface area (Å²) in [6.07, 6.45) is 2.06. The Morgan fingerprint density at radius 1 is 1.36 bits per heavy atom.